The smallest absolute Gasteiger partial charge is 0.305 e. The molecule has 0 aromatic heterocycles. The highest BCUT2D eigenvalue weighted by Crippen LogP contribution is 2.38. The topological polar surface area (TPSA) is 92.5 Å². The zero-order valence-corrected chi connectivity index (χ0v) is 10.7. The quantitative estimate of drug-likeness (QED) is 0.630. The summed E-state index contributed by atoms with van der Waals surface area (Å²) in [7, 11) is 0. The monoisotopic (exact) mass is 264 g/mol. The number of carbonyl (C=O) groups is 1. The first-order valence-electron chi connectivity index (χ1n) is 6.17. The van der Waals surface area contributed by atoms with E-state index in [0.29, 0.717) is 5.56 Å². The number of benzene rings is 1. The Morgan fingerprint density at radius 1 is 1.53 bits per heavy atom. The van der Waals surface area contributed by atoms with E-state index >= 15 is 0 Å². The molecule has 0 radical (unpaired) electrons. The van der Waals surface area contributed by atoms with Crippen LogP contribution in [0.1, 0.15) is 31.2 Å². The van der Waals surface area contributed by atoms with Crippen LogP contribution in [0.5, 0.6) is 0 Å². The number of nitro groups is 1. The Kier molecular flexibility index (Phi) is 3.42. The average molecular weight is 264 g/mol. The van der Waals surface area contributed by atoms with Gasteiger partial charge in [-0.25, -0.2) is 0 Å². The van der Waals surface area contributed by atoms with Crippen molar-refractivity contribution in [2.45, 2.75) is 38.1 Å². The molecule has 1 aromatic carbocycles. The summed E-state index contributed by atoms with van der Waals surface area (Å²) >= 11 is 0. The zero-order chi connectivity index (χ0) is 14.0. The van der Waals surface area contributed by atoms with Crippen LogP contribution < -0.4 is 5.32 Å². The first kappa shape index (κ1) is 13.3. The number of nitrogens with zero attached hydrogens (tertiary/aromatic N) is 1. The molecule has 1 saturated carbocycles. The van der Waals surface area contributed by atoms with Crippen molar-refractivity contribution in [3.8, 4) is 0 Å². The lowest BCUT2D eigenvalue weighted by Crippen LogP contribution is -2.46. The van der Waals surface area contributed by atoms with Crippen molar-refractivity contribution >= 4 is 17.3 Å². The minimum Gasteiger partial charge on any atom is -0.481 e. The summed E-state index contributed by atoms with van der Waals surface area (Å²) < 4.78 is 0. The fraction of sp³-hybridized carbons (Fsp3) is 0.462. The third-order valence-electron chi connectivity index (χ3n) is 3.60. The number of aliphatic carboxylic acids is 1. The molecule has 2 N–H and O–H groups in total. The SMILES string of the molecule is Cc1cc(NC2(CC(=O)O)CCC2)ccc1[N+](=O)[O-]. The number of rotatable bonds is 5. The van der Waals surface area contributed by atoms with Gasteiger partial charge in [0.25, 0.3) is 5.69 Å². The van der Waals surface area contributed by atoms with Gasteiger partial charge in [-0.2, -0.15) is 0 Å². The molecule has 0 bridgehead atoms. The molecule has 0 unspecified atom stereocenters. The van der Waals surface area contributed by atoms with Crippen LogP contribution in [0.15, 0.2) is 18.2 Å². The van der Waals surface area contributed by atoms with Crippen molar-refractivity contribution in [2.75, 3.05) is 5.32 Å². The standard InChI is InChI=1S/C13H16N2O4/c1-9-7-10(3-4-11(9)15(18)19)14-13(5-2-6-13)8-12(16)17/h3-4,7,14H,2,5-6,8H2,1H3,(H,16,17). The predicted octanol–water partition coefficient (Wildman–Crippen LogP) is 2.71. The molecule has 6 nitrogen and oxygen atoms in total. The average Bonchev–Trinajstić information content (AvgIpc) is 2.25. The van der Waals surface area contributed by atoms with Crippen LogP contribution in [0.25, 0.3) is 0 Å². The van der Waals surface area contributed by atoms with Crippen molar-refractivity contribution in [1.82, 2.24) is 0 Å². The predicted molar refractivity (Wildman–Crippen MR) is 70.3 cm³/mol. The maximum Gasteiger partial charge on any atom is 0.305 e. The molecular weight excluding hydrogens is 248 g/mol. The Balaban J connectivity index is 2.17. The minimum atomic E-state index is -0.828. The van der Waals surface area contributed by atoms with E-state index in [4.69, 9.17) is 5.11 Å². The second kappa shape index (κ2) is 4.87. The maximum absolute atomic E-state index is 10.9. The van der Waals surface area contributed by atoms with Crippen molar-refractivity contribution in [3.63, 3.8) is 0 Å². The summed E-state index contributed by atoms with van der Waals surface area (Å²) in [6.45, 7) is 1.67. The molecule has 102 valence electrons. The first-order chi connectivity index (χ1) is 8.92. The van der Waals surface area contributed by atoms with Gasteiger partial charge in [0.2, 0.25) is 0 Å². The van der Waals surface area contributed by atoms with Crippen LogP contribution in [-0.4, -0.2) is 21.5 Å². The molecule has 1 aromatic rings. The molecule has 0 atom stereocenters. The first-order valence-corrected chi connectivity index (χ1v) is 6.17. The lowest BCUT2D eigenvalue weighted by Gasteiger charge is -2.42. The highest BCUT2D eigenvalue weighted by molar-refractivity contribution is 5.70. The van der Waals surface area contributed by atoms with Gasteiger partial charge in [0.15, 0.2) is 0 Å². The van der Waals surface area contributed by atoms with Crippen LogP contribution in [0.3, 0.4) is 0 Å². The van der Waals surface area contributed by atoms with E-state index in [1.807, 2.05) is 0 Å². The van der Waals surface area contributed by atoms with E-state index < -0.39 is 16.4 Å². The van der Waals surface area contributed by atoms with Gasteiger partial charge in [0.05, 0.1) is 11.3 Å². The number of carboxylic acid groups (broad SMARTS) is 1. The van der Waals surface area contributed by atoms with Gasteiger partial charge in [0, 0.05) is 22.9 Å². The number of hydrogen-bond acceptors (Lipinski definition) is 4. The number of nitro benzene ring substituents is 1. The minimum absolute atomic E-state index is 0.0725. The molecule has 0 aliphatic heterocycles. The third-order valence-corrected chi connectivity index (χ3v) is 3.60. The summed E-state index contributed by atoms with van der Waals surface area (Å²) in [5.74, 6) is -0.828. The van der Waals surface area contributed by atoms with Crippen LogP contribution in [-0.2, 0) is 4.79 Å². The highest BCUT2D eigenvalue weighted by Gasteiger charge is 2.39. The third kappa shape index (κ3) is 2.83. The normalized spacial score (nSPS) is 16.5. The van der Waals surface area contributed by atoms with Crippen molar-refractivity contribution in [3.05, 3.63) is 33.9 Å². The largest absolute Gasteiger partial charge is 0.481 e. The van der Waals surface area contributed by atoms with Crippen LogP contribution in [0.2, 0.25) is 0 Å². The fourth-order valence-electron chi connectivity index (χ4n) is 2.48. The summed E-state index contributed by atoms with van der Waals surface area (Å²) in [6, 6.07) is 4.78. The summed E-state index contributed by atoms with van der Waals surface area (Å²) in [6.07, 6.45) is 2.71. The van der Waals surface area contributed by atoms with Crippen LogP contribution >= 0.6 is 0 Å². The molecule has 6 heteroatoms. The van der Waals surface area contributed by atoms with E-state index in [-0.39, 0.29) is 12.1 Å². The molecule has 0 spiro atoms. The Hall–Kier alpha value is -2.11. The van der Waals surface area contributed by atoms with Crippen LogP contribution in [0.4, 0.5) is 11.4 Å². The second-order valence-electron chi connectivity index (χ2n) is 5.09. The molecule has 2 rings (SSSR count). The van der Waals surface area contributed by atoms with Gasteiger partial charge in [-0.05, 0) is 38.3 Å². The van der Waals surface area contributed by atoms with Gasteiger partial charge in [0.1, 0.15) is 0 Å². The molecule has 0 heterocycles. The molecule has 0 saturated heterocycles. The summed E-state index contributed by atoms with van der Waals surface area (Å²) in [4.78, 5) is 21.2. The zero-order valence-electron chi connectivity index (χ0n) is 10.7. The van der Waals surface area contributed by atoms with Gasteiger partial charge in [-0.3, -0.25) is 14.9 Å². The number of hydrogen-bond donors (Lipinski definition) is 2. The number of aryl methyl sites for hydroxylation is 1. The Labute approximate surface area is 110 Å². The van der Waals surface area contributed by atoms with Crippen molar-refractivity contribution < 1.29 is 14.8 Å². The summed E-state index contributed by atoms with van der Waals surface area (Å²) in [5.41, 5.74) is 0.990. The second-order valence-corrected chi connectivity index (χ2v) is 5.09. The number of carboxylic acids is 1. The lowest BCUT2D eigenvalue weighted by molar-refractivity contribution is -0.385. The van der Waals surface area contributed by atoms with Crippen LogP contribution in [0, 0.1) is 17.0 Å². The Bertz CT molecular complexity index is 523. The lowest BCUT2D eigenvalue weighted by atomic mass is 9.74. The number of nitrogens with one attached hydrogen (secondary N) is 1. The Morgan fingerprint density at radius 2 is 2.21 bits per heavy atom. The van der Waals surface area contributed by atoms with Gasteiger partial charge >= 0.3 is 5.97 Å². The fourth-order valence-corrected chi connectivity index (χ4v) is 2.48. The van der Waals surface area contributed by atoms with Gasteiger partial charge in [-0.15, -0.1) is 0 Å². The van der Waals surface area contributed by atoms with E-state index in [1.54, 1.807) is 19.1 Å². The molecule has 0 amide bonds. The van der Waals surface area contributed by atoms with E-state index in [9.17, 15) is 14.9 Å². The van der Waals surface area contributed by atoms with Crippen molar-refractivity contribution in [2.24, 2.45) is 0 Å². The number of anilines is 1. The molecule has 1 fully saturated rings. The van der Waals surface area contributed by atoms with Gasteiger partial charge in [-0.1, -0.05) is 0 Å². The molecule has 1 aliphatic carbocycles. The van der Waals surface area contributed by atoms with Crippen molar-refractivity contribution in [1.29, 1.82) is 0 Å². The van der Waals surface area contributed by atoms with E-state index in [0.717, 1.165) is 24.9 Å². The molecule has 19 heavy (non-hydrogen) atoms. The van der Waals surface area contributed by atoms with E-state index in [1.165, 1.54) is 6.07 Å². The van der Waals surface area contributed by atoms with E-state index in [2.05, 4.69) is 5.32 Å². The Morgan fingerprint density at radius 3 is 2.63 bits per heavy atom. The highest BCUT2D eigenvalue weighted by atomic mass is 16.6. The summed E-state index contributed by atoms with van der Waals surface area (Å²) in [5, 5.41) is 22.9. The maximum atomic E-state index is 10.9. The van der Waals surface area contributed by atoms with Gasteiger partial charge < -0.3 is 10.4 Å². The molecule has 1 aliphatic rings. The molecular formula is C13H16N2O4.